The average molecular weight is 199 g/mol. The Bertz CT molecular complexity index is 265. The third kappa shape index (κ3) is 6.10. The number of carboxylic acid groups (broad SMARTS) is 1. The first kappa shape index (κ1) is 12.5. The molecule has 0 spiro atoms. The van der Waals surface area contributed by atoms with Crippen LogP contribution >= 0.6 is 0 Å². The molecule has 14 heavy (non-hydrogen) atoms. The van der Waals surface area contributed by atoms with E-state index in [4.69, 9.17) is 20.1 Å². The molecule has 1 aromatic heterocycles. The molecule has 5 nitrogen and oxygen atoms in total. The van der Waals surface area contributed by atoms with Crippen molar-refractivity contribution < 1.29 is 20.1 Å². The van der Waals surface area contributed by atoms with Crippen molar-refractivity contribution in [3.05, 3.63) is 29.6 Å². The fraction of sp³-hybridized carbons (Fsp3) is 0.333. The van der Waals surface area contributed by atoms with Crippen molar-refractivity contribution >= 4 is 5.97 Å². The fourth-order valence-corrected chi connectivity index (χ4v) is 0.714. The van der Waals surface area contributed by atoms with Crippen LogP contribution in [0, 0.1) is 0 Å². The molecule has 0 aliphatic heterocycles. The van der Waals surface area contributed by atoms with E-state index < -0.39 is 5.97 Å². The van der Waals surface area contributed by atoms with E-state index in [0.29, 0.717) is 0 Å². The predicted molar refractivity (Wildman–Crippen MR) is 49.4 cm³/mol. The van der Waals surface area contributed by atoms with Crippen LogP contribution in [0.3, 0.4) is 0 Å². The number of hydrogen-bond donors (Lipinski definition) is 3. The molecule has 0 atom stereocenters. The van der Waals surface area contributed by atoms with E-state index in [0.717, 1.165) is 18.1 Å². The Balaban J connectivity index is 0.000000364. The zero-order valence-corrected chi connectivity index (χ0v) is 7.84. The number of hydrogen-bond acceptors (Lipinski definition) is 4. The third-order valence-corrected chi connectivity index (χ3v) is 1.22. The van der Waals surface area contributed by atoms with Crippen molar-refractivity contribution in [2.45, 2.75) is 20.1 Å². The lowest BCUT2D eigenvalue weighted by Gasteiger charge is -1.96. The highest BCUT2D eigenvalue weighted by atomic mass is 16.4. The van der Waals surface area contributed by atoms with Gasteiger partial charge in [-0.15, -0.1) is 0 Å². The van der Waals surface area contributed by atoms with Crippen LogP contribution in [0.4, 0.5) is 0 Å². The minimum atomic E-state index is -0.833. The number of aliphatic hydroxyl groups excluding tert-OH is 2. The van der Waals surface area contributed by atoms with Crippen molar-refractivity contribution in [3.63, 3.8) is 0 Å². The zero-order chi connectivity index (χ0) is 11.0. The average Bonchev–Trinajstić information content (AvgIpc) is 2.17. The summed E-state index contributed by atoms with van der Waals surface area (Å²) in [6.07, 6.45) is 3.14. The number of aromatic nitrogens is 1. The number of pyridine rings is 1. The normalized spacial score (nSPS) is 8.79. The number of aliphatic carboxylic acids is 1. The highest BCUT2D eigenvalue weighted by Crippen LogP contribution is 2.01. The van der Waals surface area contributed by atoms with Crippen molar-refractivity contribution in [3.8, 4) is 0 Å². The second kappa shape index (κ2) is 6.99. The summed E-state index contributed by atoms with van der Waals surface area (Å²) in [4.78, 5) is 12.8. The molecule has 0 aromatic carbocycles. The molecule has 1 aromatic rings. The molecule has 1 rings (SSSR count). The van der Waals surface area contributed by atoms with Gasteiger partial charge < -0.3 is 15.3 Å². The summed E-state index contributed by atoms with van der Waals surface area (Å²) < 4.78 is 0. The van der Waals surface area contributed by atoms with Crippen molar-refractivity contribution in [1.29, 1.82) is 0 Å². The van der Waals surface area contributed by atoms with Gasteiger partial charge in [0, 0.05) is 19.3 Å². The SMILES string of the molecule is CC(=O)O.OCc1cncc(CO)c1. The van der Waals surface area contributed by atoms with Crippen LogP contribution in [0.5, 0.6) is 0 Å². The van der Waals surface area contributed by atoms with Gasteiger partial charge in [0.05, 0.1) is 13.2 Å². The van der Waals surface area contributed by atoms with Gasteiger partial charge in [-0.25, -0.2) is 0 Å². The van der Waals surface area contributed by atoms with Gasteiger partial charge in [-0.05, 0) is 17.2 Å². The minimum Gasteiger partial charge on any atom is -0.481 e. The van der Waals surface area contributed by atoms with E-state index >= 15 is 0 Å². The molecule has 0 unspecified atom stereocenters. The molecular formula is C9H13NO4. The van der Waals surface area contributed by atoms with Gasteiger partial charge in [0.15, 0.2) is 0 Å². The quantitative estimate of drug-likeness (QED) is 0.631. The number of rotatable bonds is 2. The topological polar surface area (TPSA) is 90.7 Å². The Morgan fingerprint density at radius 3 is 1.93 bits per heavy atom. The second-order valence-electron chi connectivity index (χ2n) is 2.54. The molecule has 0 aliphatic carbocycles. The van der Waals surface area contributed by atoms with Gasteiger partial charge in [-0.2, -0.15) is 0 Å². The monoisotopic (exact) mass is 199 g/mol. The lowest BCUT2D eigenvalue weighted by molar-refractivity contribution is -0.134. The predicted octanol–water partition coefficient (Wildman–Crippen LogP) is 0.157. The molecule has 1 heterocycles. The second-order valence-corrected chi connectivity index (χ2v) is 2.54. The number of carbonyl (C=O) groups is 1. The summed E-state index contributed by atoms with van der Waals surface area (Å²) in [5, 5.41) is 24.7. The summed E-state index contributed by atoms with van der Waals surface area (Å²) in [7, 11) is 0. The van der Waals surface area contributed by atoms with E-state index in [9.17, 15) is 0 Å². The number of carboxylic acids is 1. The zero-order valence-electron chi connectivity index (χ0n) is 7.84. The van der Waals surface area contributed by atoms with Gasteiger partial charge in [0.2, 0.25) is 0 Å². The van der Waals surface area contributed by atoms with Crippen molar-refractivity contribution in [1.82, 2.24) is 4.98 Å². The first-order valence-electron chi connectivity index (χ1n) is 3.94. The first-order chi connectivity index (χ1) is 6.60. The van der Waals surface area contributed by atoms with Crippen LogP contribution in [0.2, 0.25) is 0 Å². The summed E-state index contributed by atoms with van der Waals surface area (Å²) >= 11 is 0. The molecular weight excluding hydrogens is 186 g/mol. The molecule has 3 N–H and O–H groups in total. The van der Waals surface area contributed by atoms with Gasteiger partial charge in [0.1, 0.15) is 0 Å². The highest BCUT2D eigenvalue weighted by molar-refractivity contribution is 5.62. The van der Waals surface area contributed by atoms with Crippen LogP contribution in [0.1, 0.15) is 18.1 Å². The van der Waals surface area contributed by atoms with Gasteiger partial charge in [-0.1, -0.05) is 0 Å². The summed E-state index contributed by atoms with van der Waals surface area (Å²) in [6, 6.07) is 1.72. The van der Waals surface area contributed by atoms with Crippen LogP contribution in [-0.2, 0) is 18.0 Å². The van der Waals surface area contributed by atoms with Crippen molar-refractivity contribution in [2.24, 2.45) is 0 Å². The lowest BCUT2D eigenvalue weighted by atomic mass is 10.2. The number of nitrogens with zero attached hydrogens (tertiary/aromatic N) is 1. The Kier molecular flexibility index (Phi) is 6.26. The van der Waals surface area contributed by atoms with Crippen LogP contribution in [0.25, 0.3) is 0 Å². The summed E-state index contributed by atoms with van der Waals surface area (Å²) in [5.41, 5.74) is 1.46. The van der Waals surface area contributed by atoms with E-state index in [1.807, 2.05) is 0 Å². The van der Waals surface area contributed by atoms with Crippen LogP contribution in [0.15, 0.2) is 18.5 Å². The Morgan fingerprint density at radius 2 is 1.64 bits per heavy atom. The third-order valence-electron chi connectivity index (χ3n) is 1.22. The maximum Gasteiger partial charge on any atom is 0.300 e. The Morgan fingerprint density at radius 1 is 1.29 bits per heavy atom. The van der Waals surface area contributed by atoms with E-state index in [-0.39, 0.29) is 13.2 Å². The van der Waals surface area contributed by atoms with Crippen LogP contribution in [-0.4, -0.2) is 26.3 Å². The molecule has 0 aliphatic rings. The van der Waals surface area contributed by atoms with E-state index in [2.05, 4.69) is 4.98 Å². The summed E-state index contributed by atoms with van der Waals surface area (Å²) in [6.45, 7) is 1.03. The first-order valence-corrected chi connectivity index (χ1v) is 3.94. The maximum atomic E-state index is 9.00. The molecule has 0 fully saturated rings. The smallest absolute Gasteiger partial charge is 0.300 e. The van der Waals surface area contributed by atoms with E-state index in [1.165, 1.54) is 0 Å². The lowest BCUT2D eigenvalue weighted by Crippen LogP contribution is -1.89. The molecule has 0 amide bonds. The molecule has 0 saturated carbocycles. The van der Waals surface area contributed by atoms with Gasteiger partial charge in [0.25, 0.3) is 5.97 Å². The minimum absolute atomic E-state index is 0.0269. The van der Waals surface area contributed by atoms with Gasteiger partial charge in [-0.3, -0.25) is 9.78 Å². The Labute approximate surface area is 81.7 Å². The largest absolute Gasteiger partial charge is 0.481 e. The highest BCUT2D eigenvalue weighted by Gasteiger charge is 1.92. The molecule has 5 heteroatoms. The van der Waals surface area contributed by atoms with Crippen LogP contribution < -0.4 is 0 Å². The molecule has 0 saturated heterocycles. The number of aliphatic hydroxyl groups is 2. The van der Waals surface area contributed by atoms with Crippen molar-refractivity contribution in [2.75, 3.05) is 0 Å². The van der Waals surface area contributed by atoms with E-state index in [1.54, 1.807) is 18.5 Å². The molecule has 0 radical (unpaired) electrons. The maximum absolute atomic E-state index is 9.00. The standard InChI is InChI=1S/C7H9NO2.C2H4O2/c9-4-6-1-7(5-10)3-8-2-6;1-2(3)4/h1-3,9-10H,4-5H2;1H3,(H,3,4). The molecule has 78 valence electrons. The molecule has 0 bridgehead atoms. The Hall–Kier alpha value is -1.46. The van der Waals surface area contributed by atoms with Gasteiger partial charge >= 0.3 is 0 Å². The fourth-order valence-electron chi connectivity index (χ4n) is 0.714. The summed E-state index contributed by atoms with van der Waals surface area (Å²) in [5.74, 6) is -0.833.